The maximum atomic E-state index is 5.22. The Balaban J connectivity index is 0.893. The molecule has 0 saturated heterocycles. The number of rotatable bonds is 4. The van der Waals surface area contributed by atoms with Crippen molar-refractivity contribution >= 4 is 74.9 Å². The summed E-state index contributed by atoms with van der Waals surface area (Å²) in [6, 6.07) is 63.7. The molecule has 2 heterocycles. The van der Waals surface area contributed by atoms with Gasteiger partial charge in [0.25, 0.3) is 0 Å². The van der Waals surface area contributed by atoms with Crippen LogP contribution in [-0.4, -0.2) is 9.97 Å². The van der Waals surface area contributed by atoms with Gasteiger partial charge in [-0.25, -0.2) is 4.98 Å². The molecule has 11 rings (SSSR count). The lowest BCUT2D eigenvalue weighted by Gasteiger charge is -2.11. The van der Waals surface area contributed by atoms with Crippen LogP contribution in [0.15, 0.2) is 182 Å². The fraction of sp³-hybridized carbons (Fsp3) is 0. The zero-order chi connectivity index (χ0) is 34.9. The number of hydrogen-bond acceptors (Lipinski definition) is 3. The van der Waals surface area contributed by atoms with Gasteiger partial charge in [-0.05, 0) is 91.3 Å². The summed E-state index contributed by atoms with van der Waals surface area (Å²) in [7, 11) is 0. The molecule has 2 aromatic heterocycles. The predicted octanol–water partition coefficient (Wildman–Crippen LogP) is 14.1. The van der Waals surface area contributed by atoms with Crippen molar-refractivity contribution in [3.63, 3.8) is 0 Å². The molecule has 0 saturated carbocycles. The van der Waals surface area contributed by atoms with E-state index in [0.717, 1.165) is 38.6 Å². The molecule has 11 aromatic rings. The van der Waals surface area contributed by atoms with E-state index in [0.29, 0.717) is 0 Å². The van der Waals surface area contributed by atoms with Crippen LogP contribution < -0.4 is 0 Å². The number of fused-ring (bicyclic) bond motifs is 10. The van der Waals surface area contributed by atoms with E-state index < -0.39 is 0 Å². The zero-order valence-corrected chi connectivity index (χ0v) is 29.4. The second-order valence-electron chi connectivity index (χ2n) is 13.8. The van der Waals surface area contributed by atoms with E-state index in [4.69, 9.17) is 9.97 Å². The third-order valence-corrected chi connectivity index (χ3v) is 11.8. The molecule has 53 heavy (non-hydrogen) atoms. The molecule has 0 aliphatic rings. The molecule has 0 aliphatic heterocycles. The highest BCUT2D eigenvalue weighted by Gasteiger charge is 2.13. The second-order valence-corrected chi connectivity index (χ2v) is 14.9. The molecular weight excluding hydrogens is 661 g/mol. The van der Waals surface area contributed by atoms with Crippen LogP contribution in [0.2, 0.25) is 0 Å². The summed E-state index contributed by atoms with van der Waals surface area (Å²) in [5, 5.41) is 9.81. The molecule has 9 aromatic carbocycles. The summed E-state index contributed by atoms with van der Waals surface area (Å²) in [6.45, 7) is 0. The average molecular weight is 691 g/mol. The van der Waals surface area contributed by atoms with Crippen molar-refractivity contribution in [3.8, 4) is 44.6 Å². The lowest BCUT2D eigenvalue weighted by atomic mass is 9.95. The van der Waals surface area contributed by atoms with Crippen LogP contribution in [0.4, 0.5) is 0 Å². The Hall–Kier alpha value is -6.68. The SMILES string of the molecule is c1cc(-c2ccc(-c3ccc4cc(-c5ccc6sc7ccccc7c6c5)ccc4c3)cc2)cc(-c2cnc3c4ccccc4c4ccccc4c3n2)c1. The molecule has 0 amide bonds. The van der Waals surface area contributed by atoms with Gasteiger partial charge in [-0.3, -0.25) is 4.98 Å². The molecule has 0 unspecified atom stereocenters. The van der Waals surface area contributed by atoms with Crippen molar-refractivity contribution in [1.29, 1.82) is 0 Å². The molecule has 246 valence electrons. The summed E-state index contributed by atoms with van der Waals surface area (Å²) in [5.41, 5.74) is 11.0. The second kappa shape index (κ2) is 11.9. The van der Waals surface area contributed by atoms with Gasteiger partial charge in [0.15, 0.2) is 0 Å². The van der Waals surface area contributed by atoms with E-state index in [1.165, 1.54) is 69.5 Å². The maximum absolute atomic E-state index is 5.22. The summed E-state index contributed by atoms with van der Waals surface area (Å²) in [4.78, 5) is 10.2. The Bertz CT molecular complexity index is 3190. The normalized spacial score (nSPS) is 11.8. The lowest BCUT2D eigenvalue weighted by molar-refractivity contribution is 1.31. The quantitative estimate of drug-likeness (QED) is 0.172. The maximum Gasteiger partial charge on any atom is 0.0979 e. The Morgan fingerprint density at radius 3 is 1.55 bits per heavy atom. The summed E-state index contributed by atoms with van der Waals surface area (Å²) >= 11 is 1.86. The Morgan fingerprint density at radius 1 is 0.321 bits per heavy atom. The van der Waals surface area contributed by atoms with Gasteiger partial charge in [-0.1, -0.05) is 140 Å². The van der Waals surface area contributed by atoms with Crippen LogP contribution in [-0.2, 0) is 0 Å². The molecule has 3 heteroatoms. The molecule has 0 radical (unpaired) electrons. The molecule has 0 bridgehead atoms. The number of thiophene rings is 1. The molecule has 0 spiro atoms. The topological polar surface area (TPSA) is 25.8 Å². The smallest absolute Gasteiger partial charge is 0.0979 e. The fourth-order valence-electron chi connectivity index (χ4n) is 7.99. The van der Waals surface area contributed by atoms with Crippen LogP contribution in [0.5, 0.6) is 0 Å². The van der Waals surface area contributed by atoms with Crippen molar-refractivity contribution in [2.75, 3.05) is 0 Å². The van der Waals surface area contributed by atoms with E-state index in [2.05, 4.69) is 176 Å². The van der Waals surface area contributed by atoms with E-state index in [9.17, 15) is 0 Å². The van der Waals surface area contributed by atoms with Crippen LogP contribution in [0.3, 0.4) is 0 Å². The first kappa shape index (κ1) is 30.0. The largest absolute Gasteiger partial charge is 0.252 e. The van der Waals surface area contributed by atoms with Crippen LogP contribution in [0, 0.1) is 0 Å². The highest BCUT2D eigenvalue weighted by molar-refractivity contribution is 7.25. The molecule has 0 atom stereocenters. The monoisotopic (exact) mass is 690 g/mol. The van der Waals surface area contributed by atoms with E-state index in [1.807, 2.05) is 17.5 Å². The van der Waals surface area contributed by atoms with Crippen LogP contribution in [0.25, 0.3) is 108 Å². The van der Waals surface area contributed by atoms with Gasteiger partial charge in [0, 0.05) is 36.5 Å². The summed E-state index contributed by atoms with van der Waals surface area (Å²) in [6.07, 6.45) is 1.92. The summed E-state index contributed by atoms with van der Waals surface area (Å²) < 4.78 is 2.67. The van der Waals surface area contributed by atoms with Gasteiger partial charge in [-0.2, -0.15) is 0 Å². The number of aromatic nitrogens is 2. The minimum Gasteiger partial charge on any atom is -0.252 e. The van der Waals surface area contributed by atoms with Gasteiger partial charge in [0.05, 0.1) is 22.9 Å². The first-order chi connectivity index (χ1) is 26.2. The minimum atomic E-state index is 0.872. The molecule has 0 N–H and O–H groups in total. The first-order valence-corrected chi connectivity index (χ1v) is 18.8. The molecule has 0 aliphatic carbocycles. The van der Waals surface area contributed by atoms with E-state index in [-0.39, 0.29) is 0 Å². The van der Waals surface area contributed by atoms with Gasteiger partial charge in [0.1, 0.15) is 0 Å². The highest BCUT2D eigenvalue weighted by atomic mass is 32.1. The van der Waals surface area contributed by atoms with Crippen LogP contribution >= 0.6 is 11.3 Å². The van der Waals surface area contributed by atoms with Gasteiger partial charge in [-0.15, -0.1) is 11.3 Å². The Kier molecular flexibility index (Phi) is 6.76. The van der Waals surface area contributed by atoms with Crippen molar-refractivity contribution in [1.82, 2.24) is 9.97 Å². The van der Waals surface area contributed by atoms with Crippen molar-refractivity contribution in [2.45, 2.75) is 0 Å². The fourth-order valence-corrected chi connectivity index (χ4v) is 9.07. The first-order valence-electron chi connectivity index (χ1n) is 18.0. The number of nitrogens with zero attached hydrogens (tertiary/aromatic N) is 2. The third-order valence-electron chi connectivity index (χ3n) is 10.7. The Morgan fingerprint density at radius 2 is 0.830 bits per heavy atom. The van der Waals surface area contributed by atoms with Crippen LogP contribution in [0.1, 0.15) is 0 Å². The zero-order valence-electron chi connectivity index (χ0n) is 28.6. The van der Waals surface area contributed by atoms with E-state index in [1.54, 1.807) is 0 Å². The van der Waals surface area contributed by atoms with Crippen molar-refractivity contribution in [2.24, 2.45) is 0 Å². The highest BCUT2D eigenvalue weighted by Crippen LogP contribution is 2.38. The van der Waals surface area contributed by atoms with Crippen molar-refractivity contribution < 1.29 is 0 Å². The van der Waals surface area contributed by atoms with Crippen molar-refractivity contribution in [3.05, 3.63) is 182 Å². The van der Waals surface area contributed by atoms with Gasteiger partial charge < -0.3 is 0 Å². The minimum absolute atomic E-state index is 0.872. The van der Waals surface area contributed by atoms with E-state index >= 15 is 0 Å². The number of hydrogen-bond donors (Lipinski definition) is 0. The lowest BCUT2D eigenvalue weighted by Crippen LogP contribution is -1.92. The predicted molar refractivity (Wildman–Crippen MR) is 227 cm³/mol. The average Bonchev–Trinajstić information content (AvgIpc) is 3.61. The third kappa shape index (κ3) is 5.01. The van der Waals surface area contributed by atoms with Gasteiger partial charge >= 0.3 is 0 Å². The summed E-state index contributed by atoms with van der Waals surface area (Å²) in [5.74, 6) is 0. The standard InChI is InChI=1S/C50H30N2S/c1-3-13-43-40(10-1)41-11-2-4-14-44(41)50-49(43)51-30-46(52-50)39-9-7-8-33(28-39)31-16-18-32(19-17-31)34-20-21-36-27-37(23-22-35(36)26-34)38-24-25-48-45(29-38)42-12-5-6-15-47(42)53-48/h1-30H. The van der Waals surface area contributed by atoms with Gasteiger partial charge in [0.2, 0.25) is 0 Å². The molecular formula is C50H30N2S. The molecule has 2 nitrogen and oxygen atoms in total. The Labute approximate surface area is 310 Å². The molecule has 0 fully saturated rings. The number of benzene rings is 9.